The maximum Gasteiger partial charge on any atom is 0.319 e. The topological polar surface area (TPSA) is 78.5 Å². The van der Waals surface area contributed by atoms with Crippen molar-refractivity contribution in [2.75, 3.05) is 22.4 Å². The summed E-state index contributed by atoms with van der Waals surface area (Å²) in [4.78, 5) is 12.1. The molecule has 2 rings (SSSR count). The fourth-order valence-electron chi connectivity index (χ4n) is 2.74. The zero-order valence-corrected chi connectivity index (χ0v) is 14.3. The molecule has 0 spiro atoms. The highest BCUT2D eigenvalue weighted by molar-refractivity contribution is 7.92. The summed E-state index contributed by atoms with van der Waals surface area (Å²) in [5.74, 6) is 0. The average molecular weight is 337 g/mol. The third kappa shape index (κ3) is 4.04. The number of sulfonamides is 1. The van der Waals surface area contributed by atoms with Crippen LogP contribution in [0.15, 0.2) is 30.9 Å². The lowest BCUT2D eigenvalue weighted by molar-refractivity contribution is 0.248. The number of rotatable bonds is 6. The molecule has 1 aromatic carbocycles. The highest BCUT2D eigenvalue weighted by Crippen LogP contribution is 2.35. The van der Waals surface area contributed by atoms with Crippen LogP contribution in [0, 0.1) is 0 Å². The summed E-state index contributed by atoms with van der Waals surface area (Å²) in [6.45, 7) is 6.09. The lowest BCUT2D eigenvalue weighted by Gasteiger charge is -2.18. The minimum Gasteiger partial charge on any atom is -0.335 e. The van der Waals surface area contributed by atoms with E-state index in [9.17, 15) is 13.2 Å². The van der Waals surface area contributed by atoms with E-state index in [0.29, 0.717) is 30.8 Å². The van der Waals surface area contributed by atoms with Crippen molar-refractivity contribution in [1.29, 1.82) is 0 Å². The van der Waals surface area contributed by atoms with E-state index in [-0.39, 0.29) is 12.1 Å². The Balaban J connectivity index is 2.15. The molecule has 7 heteroatoms. The monoisotopic (exact) mass is 337 g/mol. The molecule has 6 nitrogen and oxygen atoms in total. The maximum atomic E-state index is 12.1. The van der Waals surface area contributed by atoms with Gasteiger partial charge >= 0.3 is 6.03 Å². The molecular formula is C16H23N3O3S. The summed E-state index contributed by atoms with van der Waals surface area (Å²) in [6.07, 6.45) is 5.07. The minimum absolute atomic E-state index is 0.0387. The number of nitrogens with zero attached hydrogens (tertiary/aromatic N) is 1. The summed E-state index contributed by atoms with van der Waals surface area (Å²) in [5.41, 5.74) is 2.15. The fourth-order valence-corrected chi connectivity index (χ4v) is 3.69. The Labute approximate surface area is 137 Å². The van der Waals surface area contributed by atoms with Gasteiger partial charge in [0.25, 0.3) is 0 Å². The second kappa shape index (κ2) is 7.04. The van der Waals surface area contributed by atoms with Crippen molar-refractivity contribution >= 4 is 27.4 Å². The van der Waals surface area contributed by atoms with Crippen molar-refractivity contribution in [1.82, 2.24) is 5.32 Å². The van der Waals surface area contributed by atoms with Crippen LogP contribution in [-0.4, -0.2) is 33.3 Å². The van der Waals surface area contributed by atoms with E-state index in [4.69, 9.17) is 0 Å². The van der Waals surface area contributed by atoms with Crippen LogP contribution >= 0.6 is 0 Å². The first kappa shape index (κ1) is 17.3. The standard InChI is InChI=1S/C16H23N3O3S/c1-4-7-12(5-2)17-16(20)18-14-8-6-9-15-13(14)10-11-19(15)23(3,21)22/h4,6,8-9,12H,1,5,7,10-11H2,2-3H3,(H2,17,18,20)/t12-/m1/s1. The van der Waals surface area contributed by atoms with Gasteiger partial charge in [-0.2, -0.15) is 0 Å². The van der Waals surface area contributed by atoms with Crippen molar-refractivity contribution < 1.29 is 13.2 Å². The predicted molar refractivity (Wildman–Crippen MR) is 93.4 cm³/mol. The van der Waals surface area contributed by atoms with Crippen molar-refractivity contribution in [3.05, 3.63) is 36.4 Å². The van der Waals surface area contributed by atoms with Gasteiger partial charge in [-0.15, -0.1) is 6.58 Å². The van der Waals surface area contributed by atoms with Gasteiger partial charge in [0.1, 0.15) is 0 Å². The SMILES string of the molecule is C=CC[C@@H](CC)NC(=O)Nc1cccc2c1CCN2S(C)(=O)=O. The Morgan fingerprint density at radius 2 is 2.22 bits per heavy atom. The lowest BCUT2D eigenvalue weighted by Crippen LogP contribution is -2.37. The molecule has 1 aliphatic rings. The Morgan fingerprint density at radius 3 is 2.83 bits per heavy atom. The van der Waals surface area contributed by atoms with Crippen LogP contribution in [0.5, 0.6) is 0 Å². The third-order valence-corrected chi connectivity index (χ3v) is 5.09. The molecule has 0 fully saturated rings. The van der Waals surface area contributed by atoms with Gasteiger partial charge in [0.05, 0.1) is 11.9 Å². The normalized spacial score (nSPS) is 15.0. The first-order valence-corrected chi connectivity index (χ1v) is 9.49. The minimum atomic E-state index is -3.30. The first-order valence-electron chi connectivity index (χ1n) is 7.64. The maximum absolute atomic E-state index is 12.1. The van der Waals surface area contributed by atoms with E-state index < -0.39 is 10.0 Å². The highest BCUT2D eigenvalue weighted by Gasteiger charge is 2.28. The van der Waals surface area contributed by atoms with Gasteiger partial charge in [-0.05, 0) is 31.4 Å². The summed E-state index contributed by atoms with van der Waals surface area (Å²) in [6, 6.07) is 5.05. The molecule has 0 aromatic heterocycles. The van der Waals surface area contributed by atoms with Gasteiger partial charge in [-0.25, -0.2) is 13.2 Å². The zero-order chi connectivity index (χ0) is 17.0. The molecule has 1 heterocycles. The number of urea groups is 1. The van der Waals surface area contributed by atoms with Crippen molar-refractivity contribution in [2.45, 2.75) is 32.2 Å². The number of anilines is 2. The van der Waals surface area contributed by atoms with Gasteiger partial charge < -0.3 is 10.6 Å². The van der Waals surface area contributed by atoms with Gasteiger partial charge in [0.15, 0.2) is 0 Å². The van der Waals surface area contributed by atoms with Gasteiger partial charge in [-0.1, -0.05) is 19.1 Å². The summed E-state index contributed by atoms with van der Waals surface area (Å²) < 4.78 is 25.0. The second-order valence-electron chi connectivity index (χ2n) is 5.62. The van der Waals surface area contributed by atoms with Crippen molar-refractivity contribution in [2.24, 2.45) is 0 Å². The fraction of sp³-hybridized carbons (Fsp3) is 0.438. The molecule has 0 radical (unpaired) electrons. The van der Waals surface area contributed by atoms with E-state index in [0.717, 1.165) is 12.0 Å². The highest BCUT2D eigenvalue weighted by atomic mass is 32.2. The van der Waals surface area contributed by atoms with Crippen LogP contribution < -0.4 is 14.9 Å². The molecule has 0 saturated heterocycles. The van der Waals surface area contributed by atoms with Crippen LogP contribution in [0.3, 0.4) is 0 Å². The van der Waals surface area contributed by atoms with Gasteiger partial charge in [0, 0.05) is 23.8 Å². The third-order valence-electron chi connectivity index (χ3n) is 3.91. The van der Waals surface area contributed by atoms with E-state index in [1.54, 1.807) is 24.3 Å². The number of carbonyl (C=O) groups is 1. The Kier molecular flexibility index (Phi) is 5.30. The molecule has 0 aliphatic carbocycles. The number of hydrogen-bond acceptors (Lipinski definition) is 3. The van der Waals surface area contributed by atoms with Gasteiger partial charge in [-0.3, -0.25) is 4.31 Å². The number of hydrogen-bond donors (Lipinski definition) is 2. The van der Waals surface area contributed by atoms with Gasteiger partial charge in [0.2, 0.25) is 10.0 Å². The quantitative estimate of drug-likeness (QED) is 0.783. The average Bonchev–Trinajstić information content (AvgIpc) is 2.91. The van der Waals surface area contributed by atoms with Crippen LogP contribution in [-0.2, 0) is 16.4 Å². The van der Waals surface area contributed by atoms with Crippen molar-refractivity contribution in [3.63, 3.8) is 0 Å². The van der Waals surface area contributed by atoms with E-state index in [1.165, 1.54) is 10.6 Å². The molecular weight excluding hydrogens is 314 g/mol. The van der Waals surface area contributed by atoms with E-state index in [1.807, 2.05) is 6.92 Å². The number of fused-ring (bicyclic) bond motifs is 1. The predicted octanol–water partition coefficient (Wildman–Crippen LogP) is 2.48. The molecule has 2 amide bonds. The number of nitrogens with one attached hydrogen (secondary N) is 2. The summed E-state index contributed by atoms with van der Waals surface area (Å²) in [7, 11) is -3.30. The van der Waals surface area contributed by atoms with Crippen LogP contribution in [0.2, 0.25) is 0 Å². The Hall–Kier alpha value is -2.02. The number of carbonyl (C=O) groups excluding carboxylic acids is 1. The number of benzene rings is 1. The molecule has 23 heavy (non-hydrogen) atoms. The van der Waals surface area contributed by atoms with Crippen LogP contribution in [0.4, 0.5) is 16.2 Å². The summed E-state index contributed by atoms with van der Waals surface area (Å²) in [5, 5.41) is 5.73. The van der Waals surface area contributed by atoms with Crippen LogP contribution in [0.1, 0.15) is 25.3 Å². The second-order valence-corrected chi connectivity index (χ2v) is 7.52. The molecule has 1 aliphatic heterocycles. The first-order chi connectivity index (χ1) is 10.9. The molecule has 0 unspecified atom stereocenters. The molecule has 0 bridgehead atoms. The van der Waals surface area contributed by atoms with Crippen LogP contribution in [0.25, 0.3) is 0 Å². The molecule has 0 saturated carbocycles. The smallest absolute Gasteiger partial charge is 0.319 e. The molecule has 1 atom stereocenters. The molecule has 126 valence electrons. The number of amides is 2. The van der Waals surface area contributed by atoms with E-state index >= 15 is 0 Å². The zero-order valence-electron chi connectivity index (χ0n) is 13.5. The lowest BCUT2D eigenvalue weighted by atomic mass is 10.1. The molecule has 1 aromatic rings. The Bertz CT molecular complexity index is 701. The largest absolute Gasteiger partial charge is 0.335 e. The van der Waals surface area contributed by atoms with E-state index in [2.05, 4.69) is 17.2 Å². The Morgan fingerprint density at radius 1 is 1.48 bits per heavy atom. The molecule has 2 N–H and O–H groups in total. The summed E-state index contributed by atoms with van der Waals surface area (Å²) >= 11 is 0. The van der Waals surface area contributed by atoms with Crippen molar-refractivity contribution in [3.8, 4) is 0 Å².